The molecule has 53 heavy (non-hydrogen) atoms. The molecule has 4 amide bonds. The van der Waals surface area contributed by atoms with Crippen LogP contribution in [0.1, 0.15) is 75.1 Å². The largest absolute Gasteiger partial charge is 0.494 e. The Kier molecular flexibility index (Phi) is 13.7. The summed E-state index contributed by atoms with van der Waals surface area (Å²) >= 11 is 0. The molecule has 0 aliphatic heterocycles. The molecule has 4 N–H and O–H groups in total. The van der Waals surface area contributed by atoms with Gasteiger partial charge in [0.05, 0.1) is 31.0 Å². The number of nitrogens with one attached hydrogen (secondary N) is 4. The van der Waals surface area contributed by atoms with Crippen molar-refractivity contribution in [3.05, 3.63) is 95.9 Å². The zero-order valence-electron chi connectivity index (χ0n) is 31.4. The average Bonchev–Trinajstić information content (AvgIpc) is 3.50. The van der Waals surface area contributed by atoms with Crippen LogP contribution in [0.25, 0.3) is 10.9 Å². The van der Waals surface area contributed by atoms with Gasteiger partial charge in [-0.15, -0.1) is 0 Å². The number of ether oxygens (including phenoxy) is 2. The van der Waals surface area contributed by atoms with Crippen LogP contribution in [0.15, 0.2) is 79.1 Å². The highest BCUT2D eigenvalue weighted by atomic mass is 16.6. The van der Waals surface area contributed by atoms with Crippen LogP contribution in [-0.2, 0) is 25.5 Å². The second-order valence-electron chi connectivity index (χ2n) is 14.2. The van der Waals surface area contributed by atoms with Crippen LogP contribution in [0.4, 0.5) is 4.79 Å². The van der Waals surface area contributed by atoms with E-state index in [1.807, 2.05) is 32.0 Å². The molecule has 0 spiro atoms. The summed E-state index contributed by atoms with van der Waals surface area (Å²) in [5.41, 5.74) is 1.17. The standard InChI is InChI=1S/C40H50N6O7/c1-25(2)20-27(36(48)41-6)23-43-37(49)31(21-28-24-46(39(51)53-40(3,4)5)32-17-12-11-16-29(28)32)44-34(47)22-30(26-14-9-8-10-15-26)45-38(50)35-33(52-7)18-13-19-42-35/h8-19,24-25,27,30-31H,20-23H2,1-7H3,(H,41,48)(H,43,49)(H,44,47)(H,45,50)/t27-,30+,31-/m1/s1. The van der Waals surface area contributed by atoms with Gasteiger partial charge in [-0.25, -0.2) is 9.78 Å². The van der Waals surface area contributed by atoms with Crippen LogP contribution < -0.4 is 26.0 Å². The van der Waals surface area contributed by atoms with Gasteiger partial charge in [-0.1, -0.05) is 62.4 Å². The molecule has 3 atom stereocenters. The molecule has 2 heterocycles. The van der Waals surface area contributed by atoms with E-state index in [0.717, 1.165) is 0 Å². The summed E-state index contributed by atoms with van der Waals surface area (Å²) < 4.78 is 12.4. The first-order valence-corrected chi connectivity index (χ1v) is 17.7. The van der Waals surface area contributed by atoms with Gasteiger partial charge >= 0.3 is 6.09 Å². The van der Waals surface area contributed by atoms with E-state index in [1.54, 1.807) is 82.5 Å². The van der Waals surface area contributed by atoms with Gasteiger partial charge in [0.1, 0.15) is 17.4 Å². The van der Waals surface area contributed by atoms with Crippen molar-refractivity contribution in [2.45, 2.75) is 71.6 Å². The lowest BCUT2D eigenvalue weighted by Gasteiger charge is -2.24. The smallest absolute Gasteiger partial charge is 0.419 e. The fourth-order valence-corrected chi connectivity index (χ4v) is 6.04. The Hall–Kier alpha value is -5.72. The van der Waals surface area contributed by atoms with E-state index in [-0.39, 0.29) is 42.7 Å². The van der Waals surface area contributed by atoms with Gasteiger partial charge in [0.15, 0.2) is 5.69 Å². The van der Waals surface area contributed by atoms with E-state index < -0.39 is 47.4 Å². The molecule has 0 unspecified atom stereocenters. The maximum Gasteiger partial charge on any atom is 0.419 e. The quantitative estimate of drug-likeness (QED) is 0.134. The number of fused-ring (bicyclic) bond motifs is 1. The molecule has 282 valence electrons. The van der Waals surface area contributed by atoms with Crippen molar-refractivity contribution in [3.63, 3.8) is 0 Å². The fourth-order valence-electron chi connectivity index (χ4n) is 6.04. The summed E-state index contributed by atoms with van der Waals surface area (Å²) in [6.45, 7) is 9.36. The highest BCUT2D eigenvalue weighted by Gasteiger charge is 2.29. The number of nitrogens with zero attached hydrogens (tertiary/aromatic N) is 2. The van der Waals surface area contributed by atoms with Gasteiger partial charge < -0.3 is 30.7 Å². The highest BCUT2D eigenvalue weighted by molar-refractivity contribution is 5.96. The number of hydrogen-bond acceptors (Lipinski definition) is 8. The number of rotatable bonds is 15. The Morgan fingerprint density at radius 1 is 0.887 bits per heavy atom. The molecule has 4 aromatic rings. The van der Waals surface area contributed by atoms with Gasteiger partial charge in [0.2, 0.25) is 17.7 Å². The Morgan fingerprint density at radius 3 is 2.25 bits per heavy atom. The number of para-hydroxylation sites is 1. The molecule has 0 saturated heterocycles. The van der Waals surface area contributed by atoms with Crippen molar-refractivity contribution >= 4 is 40.6 Å². The van der Waals surface area contributed by atoms with Crippen LogP contribution in [-0.4, -0.2) is 71.6 Å². The maximum atomic E-state index is 14.0. The fraction of sp³-hybridized carbons (Fsp3) is 0.400. The SMILES string of the molecule is CNC(=O)[C@@H](CNC(=O)[C@@H](Cc1cn(C(=O)OC(C)(C)C)c2ccccc12)NC(=O)C[C@H](NC(=O)c1ncccc1OC)c1ccccc1)CC(C)C. The lowest BCUT2D eigenvalue weighted by Crippen LogP contribution is -2.50. The first-order valence-electron chi connectivity index (χ1n) is 17.7. The van der Waals surface area contributed by atoms with E-state index in [1.165, 1.54) is 17.9 Å². The summed E-state index contributed by atoms with van der Waals surface area (Å²) in [6.07, 6.45) is 2.84. The molecule has 13 nitrogen and oxygen atoms in total. The van der Waals surface area contributed by atoms with Gasteiger partial charge in [-0.2, -0.15) is 0 Å². The average molecular weight is 727 g/mol. The van der Waals surface area contributed by atoms with Crippen molar-refractivity contribution in [3.8, 4) is 5.75 Å². The van der Waals surface area contributed by atoms with Crippen LogP contribution in [0.5, 0.6) is 5.75 Å². The molecule has 0 fully saturated rings. The normalized spacial score (nSPS) is 13.1. The van der Waals surface area contributed by atoms with Crippen LogP contribution in [0.3, 0.4) is 0 Å². The monoisotopic (exact) mass is 726 g/mol. The topological polar surface area (TPSA) is 170 Å². The second kappa shape index (κ2) is 18.2. The van der Waals surface area contributed by atoms with E-state index in [4.69, 9.17) is 9.47 Å². The van der Waals surface area contributed by atoms with Crippen molar-refractivity contribution < 1.29 is 33.4 Å². The number of benzene rings is 2. The Labute approximate surface area is 310 Å². The van der Waals surface area contributed by atoms with E-state index >= 15 is 0 Å². The number of pyridine rings is 1. The lowest BCUT2D eigenvalue weighted by atomic mass is 9.96. The molecular formula is C40H50N6O7. The summed E-state index contributed by atoms with van der Waals surface area (Å²) in [5.74, 6) is -1.80. The van der Waals surface area contributed by atoms with E-state index in [2.05, 4.69) is 26.3 Å². The van der Waals surface area contributed by atoms with E-state index in [9.17, 15) is 24.0 Å². The third kappa shape index (κ3) is 11.1. The molecule has 0 saturated carbocycles. The molecular weight excluding hydrogens is 676 g/mol. The molecule has 13 heteroatoms. The van der Waals surface area contributed by atoms with Gasteiger partial charge in [-0.3, -0.25) is 23.7 Å². The van der Waals surface area contributed by atoms with Crippen molar-refractivity contribution in [2.24, 2.45) is 11.8 Å². The van der Waals surface area contributed by atoms with Crippen molar-refractivity contribution in [1.29, 1.82) is 0 Å². The second-order valence-corrected chi connectivity index (χ2v) is 14.2. The molecule has 0 aliphatic carbocycles. The molecule has 0 bridgehead atoms. The Bertz CT molecular complexity index is 1900. The van der Waals surface area contributed by atoms with Crippen molar-refractivity contribution in [2.75, 3.05) is 20.7 Å². The van der Waals surface area contributed by atoms with Gasteiger partial charge in [0, 0.05) is 37.8 Å². The van der Waals surface area contributed by atoms with Crippen LogP contribution in [0, 0.1) is 11.8 Å². The first kappa shape index (κ1) is 40.1. The Morgan fingerprint density at radius 2 is 1.58 bits per heavy atom. The number of amides is 4. The summed E-state index contributed by atoms with van der Waals surface area (Å²) in [6, 6.07) is 17.6. The number of hydrogen-bond donors (Lipinski definition) is 4. The number of carbonyl (C=O) groups is 5. The first-order chi connectivity index (χ1) is 25.2. The zero-order valence-corrected chi connectivity index (χ0v) is 31.4. The van der Waals surface area contributed by atoms with Crippen LogP contribution in [0.2, 0.25) is 0 Å². The minimum absolute atomic E-state index is 0.0101. The molecule has 4 rings (SSSR count). The third-order valence-corrected chi connectivity index (χ3v) is 8.46. The van der Waals surface area contributed by atoms with Crippen molar-refractivity contribution in [1.82, 2.24) is 30.8 Å². The highest BCUT2D eigenvalue weighted by Crippen LogP contribution is 2.25. The third-order valence-electron chi connectivity index (χ3n) is 8.46. The van der Waals surface area contributed by atoms with E-state index in [0.29, 0.717) is 28.5 Å². The Balaban J connectivity index is 1.65. The predicted molar refractivity (Wildman–Crippen MR) is 201 cm³/mol. The zero-order chi connectivity index (χ0) is 38.7. The number of carbonyl (C=O) groups excluding carboxylic acids is 5. The van der Waals surface area contributed by atoms with Gasteiger partial charge in [0.25, 0.3) is 5.91 Å². The number of methoxy groups -OCH3 is 1. The minimum Gasteiger partial charge on any atom is -0.494 e. The van der Waals surface area contributed by atoms with Crippen LogP contribution >= 0.6 is 0 Å². The maximum absolute atomic E-state index is 14.0. The molecule has 2 aromatic carbocycles. The van der Waals surface area contributed by atoms with Gasteiger partial charge in [-0.05, 0) is 62.4 Å². The number of aromatic nitrogens is 2. The predicted octanol–water partition coefficient (Wildman–Crippen LogP) is 4.94. The molecule has 2 aromatic heterocycles. The molecule has 0 radical (unpaired) electrons. The summed E-state index contributed by atoms with van der Waals surface area (Å²) in [5, 5.41) is 12.0. The summed E-state index contributed by atoms with van der Waals surface area (Å²) in [7, 11) is 2.98. The lowest BCUT2D eigenvalue weighted by molar-refractivity contribution is -0.130. The molecule has 0 aliphatic rings. The summed E-state index contributed by atoms with van der Waals surface area (Å²) in [4.78, 5) is 71.4. The minimum atomic E-state index is -1.12.